The van der Waals surface area contributed by atoms with Crippen LogP contribution in [0.15, 0.2) is 33.9 Å². The van der Waals surface area contributed by atoms with E-state index in [4.69, 9.17) is 0 Å². The molecule has 0 saturated heterocycles. The highest BCUT2D eigenvalue weighted by Crippen LogP contribution is 2.29. The summed E-state index contributed by atoms with van der Waals surface area (Å²) in [5, 5.41) is 14.3. The number of nitrogens with zero attached hydrogens (tertiary/aromatic N) is 7. The summed E-state index contributed by atoms with van der Waals surface area (Å²) in [5.41, 5.74) is -3.61. The number of halogens is 3. The van der Waals surface area contributed by atoms with E-state index in [1.165, 1.54) is 18.8 Å². The molecule has 0 fully saturated rings. The zero-order chi connectivity index (χ0) is 20.6. The van der Waals surface area contributed by atoms with Gasteiger partial charge in [0.25, 0.3) is 5.56 Å². The summed E-state index contributed by atoms with van der Waals surface area (Å²) >= 11 is 0. The molecule has 0 aliphatic rings. The summed E-state index contributed by atoms with van der Waals surface area (Å²) in [4.78, 5) is 37.4. The fourth-order valence-corrected chi connectivity index (χ4v) is 2.40. The first-order valence-electron chi connectivity index (χ1n) is 7.72. The maximum absolute atomic E-state index is 12.7. The Hall–Kier alpha value is -3.64. The predicted molar refractivity (Wildman–Crippen MR) is 86.9 cm³/mol. The molecule has 28 heavy (non-hydrogen) atoms. The minimum absolute atomic E-state index is 0.129. The molecule has 0 aliphatic heterocycles. The molecule has 3 aromatic rings. The molecule has 0 amide bonds. The first-order valence-corrected chi connectivity index (χ1v) is 7.72. The number of hydrogen-bond donors (Lipinski definition) is 0. The van der Waals surface area contributed by atoms with E-state index < -0.39 is 34.5 Å². The lowest BCUT2D eigenvalue weighted by Gasteiger charge is -2.10. The summed E-state index contributed by atoms with van der Waals surface area (Å²) in [6.45, 7) is 0. The van der Waals surface area contributed by atoms with Crippen LogP contribution in [0.1, 0.15) is 21.9 Å². The third-order valence-corrected chi connectivity index (χ3v) is 3.87. The van der Waals surface area contributed by atoms with Gasteiger partial charge in [-0.3, -0.25) is 9.59 Å². The van der Waals surface area contributed by atoms with Gasteiger partial charge in [-0.1, -0.05) is 0 Å². The fraction of sp³-hybridized carbons (Fsp3) is 0.267. The van der Waals surface area contributed by atoms with Gasteiger partial charge in [-0.05, 0) is 34.7 Å². The van der Waals surface area contributed by atoms with Gasteiger partial charge in [0.05, 0.1) is 17.7 Å². The second-order valence-electron chi connectivity index (χ2n) is 5.76. The van der Waals surface area contributed by atoms with Crippen LogP contribution in [0.2, 0.25) is 0 Å². The fourth-order valence-electron chi connectivity index (χ4n) is 2.40. The van der Waals surface area contributed by atoms with Crippen LogP contribution in [0.4, 0.5) is 13.2 Å². The average molecular weight is 395 g/mol. The Labute approximate surface area is 153 Å². The van der Waals surface area contributed by atoms with Crippen molar-refractivity contribution >= 4 is 5.78 Å². The van der Waals surface area contributed by atoms with Crippen LogP contribution in [-0.4, -0.2) is 40.3 Å². The lowest BCUT2D eigenvalue weighted by molar-refractivity contribution is -0.137. The zero-order valence-electron chi connectivity index (χ0n) is 14.5. The summed E-state index contributed by atoms with van der Waals surface area (Å²) in [6.07, 6.45) is -4.92. The van der Waals surface area contributed by atoms with Crippen molar-refractivity contribution in [3.05, 3.63) is 62.2 Å². The molecule has 0 bridgehead atoms. The molecule has 146 valence electrons. The molecule has 2 aromatic heterocycles. The van der Waals surface area contributed by atoms with Gasteiger partial charge in [-0.2, -0.15) is 18.3 Å². The molecular weight excluding hydrogens is 383 g/mol. The Morgan fingerprint density at radius 1 is 1.07 bits per heavy atom. The first kappa shape index (κ1) is 19.1. The summed E-state index contributed by atoms with van der Waals surface area (Å²) in [7, 11) is 2.71. The highest BCUT2D eigenvalue weighted by molar-refractivity contribution is 5.94. The van der Waals surface area contributed by atoms with Crippen molar-refractivity contribution in [1.82, 2.24) is 34.6 Å². The van der Waals surface area contributed by atoms with Gasteiger partial charge in [0, 0.05) is 14.1 Å². The van der Waals surface area contributed by atoms with E-state index in [1.54, 1.807) is 0 Å². The highest BCUT2D eigenvalue weighted by atomic mass is 19.4. The summed E-state index contributed by atoms with van der Waals surface area (Å²) in [5.74, 6) is -0.583. The van der Waals surface area contributed by atoms with Gasteiger partial charge in [0.1, 0.15) is 0 Å². The second kappa shape index (κ2) is 6.83. The minimum Gasteiger partial charge on any atom is -0.292 e. The molecule has 10 nitrogen and oxygen atoms in total. The minimum atomic E-state index is -4.57. The molecule has 0 unspecified atom stereocenters. The van der Waals surface area contributed by atoms with Crippen LogP contribution in [0.5, 0.6) is 0 Å². The third kappa shape index (κ3) is 3.45. The van der Waals surface area contributed by atoms with Crippen LogP contribution < -0.4 is 11.2 Å². The molecule has 0 atom stereocenters. The maximum Gasteiger partial charge on any atom is 0.416 e. The van der Waals surface area contributed by atoms with Crippen LogP contribution in [-0.2, 0) is 26.7 Å². The molecule has 0 saturated carbocycles. The monoisotopic (exact) mass is 395 g/mol. The van der Waals surface area contributed by atoms with Crippen LogP contribution in [0, 0.1) is 0 Å². The molecule has 1 aromatic carbocycles. The Bertz CT molecular complexity index is 1160. The summed E-state index contributed by atoms with van der Waals surface area (Å²) in [6, 6.07) is 3.39. The lowest BCUT2D eigenvalue weighted by Crippen LogP contribution is -2.43. The number of aromatic nitrogens is 7. The number of ketones is 1. The zero-order valence-corrected chi connectivity index (χ0v) is 14.5. The van der Waals surface area contributed by atoms with Crippen LogP contribution in [0.3, 0.4) is 0 Å². The summed E-state index contributed by atoms with van der Waals surface area (Å²) < 4.78 is 40.7. The van der Waals surface area contributed by atoms with Gasteiger partial charge in [0.2, 0.25) is 0 Å². The van der Waals surface area contributed by atoms with Crippen LogP contribution in [0.25, 0.3) is 5.69 Å². The van der Waals surface area contributed by atoms with Gasteiger partial charge >= 0.3 is 11.9 Å². The van der Waals surface area contributed by atoms with Crippen molar-refractivity contribution in [2.75, 3.05) is 0 Å². The standard InChI is InChI=1S/C15H12F3N7O3/c1-23-11(19-21-22-23)7-10(26)12-13(27)25(14(28)24(2)20-12)9-5-3-8(4-6-9)15(16,17)18/h3-6H,7H2,1-2H3. The normalized spacial score (nSPS) is 11.6. The highest BCUT2D eigenvalue weighted by Gasteiger charge is 2.30. The van der Waals surface area contributed by atoms with E-state index in [0.717, 1.165) is 28.9 Å². The van der Waals surface area contributed by atoms with Crippen molar-refractivity contribution in [2.45, 2.75) is 12.6 Å². The number of alkyl halides is 3. The van der Waals surface area contributed by atoms with Crippen molar-refractivity contribution in [2.24, 2.45) is 14.1 Å². The van der Waals surface area contributed by atoms with Crippen molar-refractivity contribution in [3.63, 3.8) is 0 Å². The maximum atomic E-state index is 12.7. The number of carbonyl (C=O) groups excluding carboxylic acids is 1. The van der Waals surface area contributed by atoms with Gasteiger partial charge in [-0.15, -0.1) is 5.10 Å². The number of hydrogen-bond acceptors (Lipinski definition) is 7. The number of rotatable bonds is 4. The van der Waals surface area contributed by atoms with Crippen molar-refractivity contribution in [1.29, 1.82) is 0 Å². The van der Waals surface area contributed by atoms with E-state index >= 15 is 0 Å². The average Bonchev–Trinajstić information content (AvgIpc) is 3.02. The van der Waals surface area contributed by atoms with E-state index in [9.17, 15) is 27.6 Å². The molecule has 0 radical (unpaired) electrons. The second-order valence-corrected chi connectivity index (χ2v) is 5.76. The van der Waals surface area contributed by atoms with Crippen LogP contribution >= 0.6 is 0 Å². The number of tetrazole rings is 1. The number of aryl methyl sites for hydroxylation is 2. The number of Topliss-reactive ketones (excluding diaryl/α,β-unsaturated/α-hetero) is 1. The number of carbonyl (C=O) groups is 1. The Morgan fingerprint density at radius 3 is 2.25 bits per heavy atom. The smallest absolute Gasteiger partial charge is 0.292 e. The SMILES string of the molecule is Cn1nnnc1CC(=O)c1nn(C)c(=O)n(-c2ccc(C(F)(F)F)cc2)c1=O. The van der Waals surface area contributed by atoms with Gasteiger partial charge < -0.3 is 0 Å². The van der Waals surface area contributed by atoms with Gasteiger partial charge in [-0.25, -0.2) is 18.7 Å². The van der Waals surface area contributed by atoms with E-state index in [1.807, 2.05) is 0 Å². The van der Waals surface area contributed by atoms with Crippen molar-refractivity contribution in [3.8, 4) is 5.69 Å². The molecule has 0 aliphatic carbocycles. The van der Waals surface area contributed by atoms with Crippen molar-refractivity contribution < 1.29 is 18.0 Å². The Balaban J connectivity index is 2.08. The molecule has 13 heteroatoms. The Kier molecular flexibility index (Phi) is 4.66. The first-order chi connectivity index (χ1) is 13.1. The quantitative estimate of drug-likeness (QED) is 0.566. The van der Waals surface area contributed by atoms with Gasteiger partial charge in [0.15, 0.2) is 17.3 Å². The molecule has 2 heterocycles. The van der Waals surface area contributed by atoms with E-state index in [0.29, 0.717) is 4.57 Å². The largest absolute Gasteiger partial charge is 0.416 e. The number of benzene rings is 1. The Morgan fingerprint density at radius 2 is 1.71 bits per heavy atom. The predicted octanol–water partition coefficient (Wildman–Crippen LogP) is -0.101. The molecular formula is C15H12F3N7O3. The third-order valence-electron chi connectivity index (χ3n) is 3.87. The van der Waals surface area contributed by atoms with E-state index in [-0.39, 0.29) is 17.9 Å². The molecule has 0 spiro atoms. The lowest BCUT2D eigenvalue weighted by atomic mass is 10.2. The topological polar surface area (TPSA) is 118 Å². The molecule has 3 rings (SSSR count). The molecule has 0 N–H and O–H groups in total. The van der Waals surface area contributed by atoms with E-state index in [2.05, 4.69) is 20.6 Å².